The molecular weight excluding hydrogens is 447 g/mol. The van der Waals surface area contributed by atoms with Gasteiger partial charge in [0.1, 0.15) is 5.82 Å². The molecule has 2 aromatic carbocycles. The van der Waals surface area contributed by atoms with Crippen LogP contribution in [0.5, 0.6) is 0 Å². The number of amides is 1. The minimum absolute atomic E-state index is 0.0730. The smallest absolute Gasteiger partial charge is 0.258 e. The van der Waals surface area contributed by atoms with E-state index in [9.17, 15) is 17.6 Å². The number of piperidine rings is 1. The normalized spacial score (nSPS) is 20.7. The van der Waals surface area contributed by atoms with Gasteiger partial charge in [0, 0.05) is 23.2 Å². The summed E-state index contributed by atoms with van der Waals surface area (Å²) in [7, 11) is -3.80. The molecule has 0 spiro atoms. The molecule has 1 saturated heterocycles. The van der Waals surface area contributed by atoms with Crippen LogP contribution in [-0.2, 0) is 10.0 Å². The van der Waals surface area contributed by atoms with Crippen molar-refractivity contribution in [2.24, 2.45) is 11.8 Å². The second-order valence-corrected chi connectivity index (χ2v) is 10.2. The van der Waals surface area contributed by atoms with Crippen molar-refractivity contribution in [2.75, 3.05) is 18.4 Å². The summed E-state index contributed by atoms with van der Waals surface area (Å²) in [5.74, 6) is -0.968. The third-order valence-corrected chi connectivity index (χ3v) is 7.11. The molecular formula is C20H22BrFN2O3S. The average molecular weight is 469 g/mol. The van der Waals surface area contributed by atoms with Crippen LogP contribution in [0.25, 0.3) is 0 Å². The molecule has 1 heterocycles. The van der Waals surface area contributed by atoms with Crippen molar-refractivity contribution in [3.05, 3.63) is 58.3 Å². The minimum Gasteiger partial charge on any atom is -0.322 e. The van der Waals surface area contributed by atoms with E-state index in [-0.39, 0.29) is 22.3 Å². The molecule has 2 aromatic rings. The fourth-order valence-corrected chi connectivity index (χ4v) is 5.49. The fourth-order valence-electron chi connectivity index (χ4n) is 3.52. The average Bonchev–Trinajstić information content (AvgIpc) is 2.63. The molecule has 1 N–H and O–H groups in total. The van der Waals surface area contributed by atoms with Gasteiger partial charge in [-0.25, -0.2) is 12.8 Å². The molecule has 0 unspecified atom stereocenters. The van der Waals surface area contributed by atoms with Crippen molar-refractivity contribution in [1.82, 2.24) is 4.31 Å². The molecule has 1 amide bonds. The van der Waals surface area contributed by atoms with Gasteiger partial charge >= 0.3 is 0 Å². The molecule has 5 nitrogen and oxygen atoms in total. The number of sulfonamides is 1. The van der Waals surface area contributed by atoms with Crippen molar-refractivity contribution < 1.29 is 17.6 Å². The monoisotopic (exact) mass is 468 g/mol. The third-order valence-electron chi connectivity index (χ3n) is 4.76. The van der Waals surface area contributed by atoms with Crippen LogP contribution in [0.2, 0.25) is 0 Å². The van der Waals surface area contributed by atoms with E-state index in [2.05, 4.69) is 21.2 Å². The SMILES string of the molecule is C[C@@H]1C[C@@H](C)CN(S(=O)(=O)c2ccc(F)c(C(=O)Nc3ccc(Br)cc3)c2)C1. The summed E-state index contributed by atoms with van der Waals surface area (Å²) in [5.41, 5.74) is 0.182. The molecule has 1 aliphatic heterocycles. The molecule has 0 aliphatic carbocycles. The van der Waals surface area contributed by atoms with Crippen LogP contribution in [0.4, 0.5) is 10.1 Å². The van der Waals surface area contributed by atoms with Crippen LogP contribution < -0.4 is 5.32 Å². The number of nitrogens with zero attached hydrogens (tertiary/aromatic N) is 1. The number of rotatable bonds is 4. The Bertz CT molecular complexity index is 969. The molecule has 28 heavy (non-hydrogen) atoms. The lowest BCUT2D eigenvalue weighted by Gasteiger charge is -2.34. The Morgan fingerprint density at radius 2 is 1.71 bits per heavy atom. The summed E-state index contributed by atoms with van der Waals surface area (Å²) in [5, 5.41) is 2.59. The number of carbonyl (C=O) groups excluding carboxylic acids is 1. The number of benzene rings is 2. The van der Waals surface area contributed by atoms with E-state index >= 15 is 0 Å². The Morgan fingerprint density at radius 1 is 1.11 bits per heavy atom. The molecule has 0 bridgehead atoms. The standard InChI is InChI=1S/C20H22BrFN2O3S/c1-13-9-14(2)12-24(11-13)28(26,27)17-7-8-19(22)18(10-17)20(25)23-16-5-3-15(21)4-6-16/h3-8,10,13-14H,9,11-12H2,1-2H3,(H,23,25)/t13-,14-/m1/s1. The topological polar surface area (TPSA) is 66.5 Å². The Balaban J connectivity index is 1.88. The number of halogens is 2. The van der Waals surface area contributed by atoms with Crippen LogP contribution in [0.3, 0.4) is 0 Å². The summed E-state index contributed by atoms with van der Waals surface area (Å²) < 4.78 is 42.6. The minimum atomic E-state index is -3.80. The summed E-state index contributed by atoms with van der Waals surface area (Å²) in [4.78, 5) is 12.4. The summed E-state index contributed by atoms with van der Waals surface area (Å²) in [6, 6.07) is 10.2. The van der Waals surface area contributed by atoms with Gasteiger partial charge in [0.2, 0.25) is 10.0 Å². The third kappa shape index (κ3) is 4.61. The van der Waals surface area contributed by atoms with Crippen molar-refractivity contribution in [2.45, 2.75) is 25.2 Å². The van der Waals surface area contributed by atoms with Crippen LogP contribution in [0.15, 0.2) is 51.8 Å². The first-order chi connectivity index (χ1) is 13.2. The lowest BCUT2D eigenvalue weighted by atomic mass is 9.94. The van der Waals surface area contributed by atoms with E-state index < -0.39 is 21.7 Å². The zero-order valence-electron chi connectivity index (χ0n) is 15.7. The number of hydrogen-bond donors (Lipinski definition) is 1. The predicted molar refractivity (Wildman–Crippen MR) is 110 cm³/mol. The number of anilines is 1. The molecule has 0 radical (unpaired) electrons. The first-order valence-electron chi connectivity index (χ1n) is 9.03. The summed E-state index contributed by atoms with van der Waals surface area (Å²) in [6.07, 6.45) is 0.969. The van der Waals surface area contributed by atoms with Crippen molar-refractivity contribution >= 4 is 37.5 Å². The van der Waals surface area contributed by atoms with Gasteiger partial charge in [-0.05, 0) is 60.7 Å². The van der Waals surface area contributed by atoms with Crippen molar-refractivity contribution in [3.63, 3.8) is 0 Å². The van der Waals surface area contributed by atoms with Gasteiger partial charge in [-0.2, -0.15) is 4.31 Å². The molecule has 1 aliphatic rings. The number of nitrogens with one attached hydrogen (secondary N) is 1. The van der Waals surface area contributed by atoms with Gasteiger partial charge < -0.3 is 5.32 Å². The van der Waals surface area contributed by atoms with Crippen molar-refractivity contribution in [1.29, 1.82) is 0 Å². The maximum absolute atomic E-state index is 14.3. The predicted octanol–water partition coefficient (Wildman–Crippen LogP) is 4.51. The van der Waals surface area contributed by atoms with Crippen LogP contribution in [-0.4, -0.2) is 31.7 Å². The van der Waals surface area contributed by atoms with Gasteiger partial charge in [0.25, 0.3) is 5.91 Å². The highest BCUT2D eigenvalue weighted by Gasteiger charge is 2.32. The molecule has 1 fully saturated rings. The molecule has 0 aromatic heterocycles. The van der Waals surface area contributed by atoms with E-state index in [0.29, 0.717) is 18.8 Å². The van der Waals surface area contributed by atoms with Gasteiger partial charge in [0.15, 0.2) is 0 Å². The lowest BCUT2D eigenvalue weighted by Crippen LogP contribution is -2.42. The van der Waals surface area contributed by atoms with Crippen LogP contribution in [0, 0.1) is 17.7 Å². The Morgan fingerprint density at radius 3 is 2.32 bits per heavy atom. The highest BCUT2D eigenvalue weighted by atomic mass is 79.9. The maximum atomic E-state index is 14.3. The highest BCUT2D eigenvalue weighted by Crippen LogP contribution is 2.27. The molecule has 8 heteroatoms. The Labute approximate surface area is 173 Å². The van der Waals surface area contributed by atoms with E-state index in [4.69, 9.17) is 0 Å². The molecule has 3 rings (SSSR count). The fraction of sp³-hybridized carbons (Fsp3) is 0.350. The first kappa shape index (κ1) is 21.0. The summed E-state index contributed by atoms with van der Waals surface area (Å²) in [6.45, 7) is 4.87. The largest absolute Gasteiger partial charge is 0.322 e. The molecule has 2 atom stereocenters. The summed E-state index contributed by atoms with van der Waals surface area (Å²) >= 11 is 3.30. The number of hydrogen-bond acceptors (Lipinski definition) is 3. The Kier molecular flexibility index (Phi) is 6.21. The molecule has 150 valence electrons. The van der Waals surface area contributed by atoms with Gasteiger partial charge in [-0.3, -0.25) is 4.79 Å². The van der Waals surface area contributed by atoms with E-state index in [0.717, 1.165) is 23.0 Å². The molecule has 0 saturated carbocycles. The van der Waals surface area contributed by atoms with Crippen LogP contribution >= 0.6 is 15.9 Å². The van der Waals surface area contributed by atoms with Crippen molar-refractivity contribution in [3.8, 4) is 0 Å². The van der Waals surface area contributed by atoms with Gasteiger partial charge in [-0.1, -0.05) is 29.8 Å². The number of carbonyl (C=O) groups is 1. The zero-order valence-corrected chi connectivity index (χ0v) is 18.1. The van der Waals surface area contributed by atoms with E-state index in [1.54, 1.807) is 24.3 Å². The quantitative estimate of drug-likeness (QED) is 0.717. The first-order valence-corrected chi connectivity index (χ1v) is 11.3. The van der Waals surface area contributed by atoms with Gasteiger partial charge in [0.05, 0.1) is 10.5 Å². The van der Waals surface area contributed by atoms with E-state index in [1.807, 2.05) is 13.8 Å². The Hall–Kier alpha value is -1.77. The maximum Gasteiger partial charge on any atom is 0.258 e. The van der Waals surface area contributed by atoms with Crippen LogP contribution in [0.1, 0.15) is 30.6 Å². The van der Waals surface area contributed by atoms with Gasteiger partial charge in [-0.15, -0.1) is 0 Å². The second kappa shape index (κ2) is 8.31. The second-order valence-electron chi connectivity index (χ2n) is 7.37. The van der Waals surface area contributed by atoms with E-state index in [1.165, 1.54) is 10.4 Å². The zero-order chi connectivity index (χ0) is 20.5. The highest BCUT2D eigenvalue weighted by molar-refractivity contribution is 9.10. The lowest BCUT2D eigenvalue weighted by molar-refractivity contribution is 0.102.